The van der Waals surface area contributed by atoms with E-state index in [0.717, 1.165) is 36.2 Å². The number of hydrogen-bond acceptors (Lipinski definition) is 3. The van der Waals surface area contributed by atoms with Crippen LogP contribution in [0.2, 0.25) is 0 Å². The van der Waals surface area contributed by atoms with E-state index >= 15 is 0 Å². The molecule has 1 aromatic carbocycles. The summed E-state index contributed by atoms with van der Waals surface area (Å²) in [5, 5.41) is 0.393. The third-order valence-electron chi connectivity index (χ3n) is 3.10. The summed E-state index contributed by atoms with van der Waals surface area (Å²) in [6.45, 7) is 7.98. The van der Waals surface area contributed by atoms with Crippen molar-refractivity contribution in [3.63, 3.8) is 0 Å². The van der Waals surface area contributed by atoms with Crippen LogP contribution in [-0.2, 0) is 0 Å². The summed E-state index contributed by atoms with van der Waals surface area (Å²) in [5.41, 5.74) is 9.05. The molecule has 0 fully saturated rings. The average Bonchev–Trinajstić information content (AvgIpc) is 2.59. The van der Waals surface area contributed by atoms with Crippen LogP contribution in [0.3, 0.4) is 0 Å². The van der Waals surface area contributed by atoms with E-state index in [1.807, 2.05) is 43.3 Å². The lowest BCUT2D eigenvalue weighted by Gasteiger charge is -2.05. The van der Waals surface area contributed by atoms with Gasteiger partial charge >= 0.3 is 0 Å². The van der Waals surface area contributed by atoms with Crippen LogP contribution >= 0.6 is 11.6 Å². The van der Waals surface area contributed by atoms with Gasteiger partial charge in [0.25, 0.3) is 0 Å². The van der Waals surface area contributed by atoms with Gasteiger partial charge in [0.2, 0.25) is 0 Å². The molecule has 23 heavy (non-hydrogen) atoms. The zero-order valence-electron chi connectivity index (χ0n) is 13.8. The molecule has 3 nitrogen and oxygen atoms in total. The van der Waals surface area contributed by atoms with E-state index in [-0.39, 0.29) is 0 Å². The lowest BCUT2D eigenvalue weighted by molar-refractivity contribution is 0.954. The van der Waals surface area contributed by atoms with Crippen LogP contribution in [0.15, 0.2) is 75.0 Å². The van der Waals surface area contributed by atoms with Crippen molar-refractivity contribution < 1.29 is 0 Å². The van der Waals surface area contributed by atoms with Crippen molar-refractivity contribution in [1.82, 2.24) is 0 Å². The Morgan fingerprint density at radius 1 is 1.22 bits per heavy atom. The molecule has 1 aromatic rings. The highest BCUT2D eigenvalue weighted by molar-refractivity contribution is 6.40. The van der Waals surface area contributed by atoms with Gasteiger partial charge in [-0.05, 0) is 25.0 Å². The van der Waals surface area contributed by atoms with Crippen molar-refractivity contribution in [3.8, 4) is 0 Å². The van der Waals surface area contributed by atoms with Gasteiger partial charge in [0.15, 0.2) is 0 Å². The minimum atomic E-state index is 0.393. The molecule has 0 aromatic heterocycles. The molecule has 0 aliphatic rings. The predicted molar refractivity (Wildman–Crippen MR) is 103 cm³/mol. The molecule has 0 aliphatic carbocycles. The van der Waals surface area contributed by atoms with E-state index in [4.69, 9.17) is 17.3 Å². The van der Waals surface area contributed by atoms with Crippen molar-refractivity contribution in [3.05, 3.63) is 65.0 Å². The monoisotopic (exact) mass is 329 g/mol. The molecule has 0 saturated heterocycles. The summed E-state index contributed by atoms with van der Waals surface area (Å²) in [6, 6.07) is 9.58. The topological polar surface area (TPSA) is 50.7 Å². The van der Waals surface area contributed by atoms with Gasteiger partial charge in [0.1, 0.15) is 0 Å². The Morgan fingerprint density at radius 3 is 2.52 bits per heavy atom. The first-order chi connectivity index (χ1) is 11.1. The number of aliphatic imine (C=N–C) groups is 2. The van der Waals surface area contributed by atoms with Crippen LogP contribution in [0.25, 0.3) is 0 Å². The third kappa shape index (κ3) is 7.11. The Morgan fingerprint density at radius 2 is 1.91 bits per heavy atom. The second-order valence-corrected chi connectivity index (χ2v) is 5.39. The lowest BCUT2D eigenvalue weighted by Crippen LogP contribution is -2.06. The van der Waals surface area contributed by atoms with Crippen LogP contribution in [-0.4, -0.2) is 12.4 Å². The Kier molecular flexibility index (Phi) is 8.70. The molecular formula is C19H24ClN3. The highest BCUT2D eigenvalue weighted by Crippen LogP contribution is 2.15. The van der Waals surface area contributed by atoms with Crippen molar-refractivity contribution in [2.24, 2.45) is 15.7 Å². The minimum absolute atomic E-state index is 0.393. The molecule has 0 radical (unpaired) electrons. The number of rotatable bonds is 8. The summed E-state index contributed by atoms with van der Waals surface area (Å²) < 4.78 is 0. The summed E-state index contributed by atoms with van der Waals surface area (Å²) in [7, 11) is 0. The first-order valence-electron chi connectivity index (χ1n) is 7.75. The number of nitrogens with two attached hydrogens (primary N) is 1. The summed E-state index contributed by atoms with van der Waals surface area (Å²) >= 11 is 6.28. The maximum atomic E-state index is 6.28. The van der Waals surface area contributed by atoms with Crippen molar-refractivity contribution in [2.75, 3.05) is 0 Å². The quantitative estimate of drug-likeness (QED) is 0.495. The number of para-hydroxylation sites is 1. The van der Waals surface area contributed by atoms with E-state index < -0.39 is 0 Å². The Bertz CT molecular complexity index is 625. The van der Waals surface area contributed by atoms with Gasteiger partial charge in [-0.2, -0.15) is 0 Å². The van der Waals surface area contributed by atoms with Gasteiger partial charge in [0, 0.05) is 23.7 Å². The molecule has 0 saturated carbocycles. The highest BCUT2D eigenvalue weighted by atomic mass is 35.5. The second-order valence-electron chi connectivity index (χ2n) is 4.98. The smallest absolute Gasteiger partial charge is 0.0824 e. The molecule has 0 bridgehead atoms. The molecule has 0 unspecified atom stereocenters. The SMILES string of the molecule is C=C(CC)N=C/C(=C\CCC)C(N)=C(Cl)C=Nc1ccccc1. The van der Waals surface area contributed by atoms with E-state index in [9.17, 15) is 0 Å². The van der Waals surface area contributed by atoms with Crippen molar-refractivity contribution in [2.45, 2.75) is 33.1 Å². The van der Waals surface area contributed by atoms with Gasteiger partial charge in [-0.15, -0.1) is 0 Å². The van der Waals surface area contributed by atoms with E-state index in [0.29, 0.717) is 10.7 Å². The fourth-order valence-corrected chi connectivity index (χ4v) is 1.79. The third-order valence-corrected chi connectivity index (χ3v) is 3.40. The number of allylic oxidation sites excluding steroid dienone is 4. The van der Waals surface area contributed by atoms with E-state index in [2.05, 4.69) is 23.5 Å². The standard InChI is InChI=1S/C19H24ClN3/c1-4-6-10-16(13-22-15(3)5-2)19(21)18(20)14-23-17-11-8-7-9-12-17/h7-14H,3-6,21H2,1-2H3/b16-10+,19-18?,22-13?,23-14?. The molecule has 0 spiro atoms. The molecule has 0 heterocycles. The summed E-state index contributed by atoms with van der Waals surface area (Å²) in [5.74, 6) is 0. The van der Waals surface area contributed by atoms with Crippen LogP contribution in [0.4, 0.5) is 5.69 Å². The van der Waals surface area contributed by atoms with Gasteiger partial charge < -0.3 is 5.73 Å². The first-order valence-corrected chi connectivity index (χ1v) is 8.13. The molecule has 122 valence electrons. The van der Waals surface area contributed by atoms with Gasteiger partial charge in [-0.3, -0.25) is 9.98 Å². The van der Waals surface area contributed by atoms with Gasteiger partial charge in [-0.1, -0.05) is 62.7 Å². The summed E-state index contributed by atoms with van der Waals surface area (Å²) in [6.07, 6.45) is 8.03. The van der Waals surface area contributed by atoms with Crippen LogP contribution in [0, 0.1) is 0 Å². The Labute approximate surface area is 144 Å². The number of unbranched alkanes of at least 4 members (excludes halogenated alkanes) is 1. The number of halogens is 1. The largest absolute Gasteiger partial charge is 0.397 e. The first kappa shape index (κ1) is 18.9. The Hall–Kier alpha value is -2.13. The molecule has 0 amide bonds. The molecule has 2 N–H and O–H groups in total. The van der Waals surface area contributed by atoms with Crippen LogP contribution < -0.4 is 5.73 Å². The normalized spacial score (nSPS) is 13.6. The molecule has 4 heteroatoms. The fraction of sp³-hybridized carbons (Fsp3) is 0.263. The van der Waals surface area contributed by atoms with Crippen molar-refractivity contribution in [1.29, 1.82) is 0 Å². The maximum Gasteiger partial charge on any atom is 0.0824 e. The van der Waals surface area contributed by atoms with Crippen LogP contribution in [0.5, 0.6) is 0 Å². The summed E-state index contributed by atoms with van der Waals surface area (Å²) in [4.78, 5) is 8.63. The molecule has 1 rings (SSSR count). The predicted octanol–water partition coefficient (Wildman–Crippen LogP) is 5.52. The molecule has 0 aliphatic heterocycles. The van der Waals surface area contributed by atoms with Crippen molar-refractivity contribution >= 4 is 29.7 Å². The van der Waals surface area contributed by atoms with Gasteiger partial charge in [0.05, 0.1) is 16.4 Å². The number of benzene rings is 1. The maximum absolute atomic E-state index is 6.28. The van der Waals surface area contributed by atoms with E-state index in [1.54, 1.807) is 12.4 Å². The number of hydrogen-bond donors (Lipinski definition) is 1. The fourth-order valence-electron chi connectivity index (χ4n) is 1.64. The minimum Gasteiger partial charge on any atom is -0.397 e. The Balaban J connectivity index is 3.01. The second kappa shape index (κ2) is 10.6. The van der Waals surface area contributed by atoms with E-state index in [1.165, 1.54) is 0 Å². The lowest BCUT2D eigenvalue weighted by atomic mass is 10.1. The zero-order valence-corrected chi connectivity index (χ0v) is 14.6. The molecular weight excluding hydrogens is 306 g/mol. The zero-order chi connectivity index (χ0) is 17.1. The van der Waals surface area contributed by atoms with Gasteiger partial charge in [-0.25, -0.2) is 0 Å². The highest BCUT2D eigenvalue weighted by Gasteiger charge is 2.04. The van der Waals surface area contributed by atoms with Crippen LogP contribution in [0.1, 0.15) is 33.1 Å². The average molecular weight is 330 g/mol. The number of nitrogens with zero attached hydrogens (tertiary/aromatic N) is 2. The molecule has 0 atom stereocenters.